The van der Waals surface area contributed by atoms with Crippen molar-refractivity contribution in [1.82, 2.24) is 14.8 Å². The Balaban J connectivity index is 1.34. The highest BCUT2D eigenvalue weighted by Crippen LogP contribution is 2.26. The number of thioether (sulfide) groups is 1. The van der Waals surface area contributed by atoms with Gasteiger partial charge >= 0.3 is 0 Å². The van der Waals surface area contributed by atoms with Crippen molar-refractivity contribution >= 4 is 23.4 Å². The number of aryl methyl sites for hydroxylation is 2. The molecule has 1 amide bonds. The maximum Gasteiger partial charge on any atom is 0.224 e. The number of benzene rings is 3. The molecular weight excluding hydrogens is 416 g/mol. The van der Waals surface area contributed by atoms with Crippen LogP contribution in [0.15, 0.2) is 84.0 Å². The summed E-state index contributed by atoms with van der Waals surface area (Å²) >= 11 is 1.67. The zero-order valence-corrected chi connectivity index (χ0v) is 19.1. The molecule has 162 valence electrons. The van der Waals surface area contributed by atoms with E-state index in [2.05, 4.69) is 46.7 Å². The van der Waals surface area contributed by atoms with E-state index < -0.39 is 0 Å². The molecule has 0 aliphatic carbocycles. The van der Waals surface area contributed by atoms with Crippen molar-refractivity contribution in [2.24, 2.45) is 7.05 Å². The third kappa shape index (κ3) is 5.65. The lowest BCUT2D eigenvalue weighted by Crippen LogP contribution is -2.12. The highest BCUT2D eigenvalue weighted by atomic mass is 32.2. The van der Waals surface area contributed by atoms with Crippen LogP contribution in [0.5, 0.6) is 0 Å². The largest absolute Gasteiger partial charge is 0.326 e. The molecule has 4 rings (SSSR count). The van der Waals surface area contributed by atoms with Gasteiger partial charge in [0.25, 0.3) is 0 Å². The van der Waals surface area contributed by atoms with E-state index in [1.807, 2.05) is 66.2 Å². The molecule has 4 aromatic rings. The Morgan fingerprint density at radius 3 is 2.34 bits per heavy atom. The van der Waals surface area contributed by atoms with Crippen LogP contribution in [-0.2, 0) is 24.0 Å². The lowest BCUT2D eigenvalue weighted by molar-refractivity contribution is -0.116. The molecule has 1 N–H and O–H groups in total. The minimum Gasteiger partial charge on any atom is -0.326 e. The van der Waals surface area contributed by atoms with Gasteiger partial charge in [-0.25, -0.2) is 0 Å². The number of carbonyl (C=O) groups excluding carboxylic acids is 1. The number of anilines is 1. The summed E-state index contributed by atoms with van der Waals surface area (Å²) in [5, 5.41) is 12.6. The quantitative estimate of drug-likeness (QED) is 0.358. The first-order chi connectivity index (χ1) is 15.6. The smallest absolute Gasteiger partial charge is 0.224 e. The molecular formula is C26H26N4OS. The second-order valence-electron chi connectivity index (χ2n) is 7.75. The van der Waals surface area contributed by atoms with Gasteiger partial charge in [-0.15, -0.1) is 10.2 Å². The summed E-state index contributed by atoms with van der Waals surface area (Å²) in [4.78, 5) is 12.3. The van der Waals surface area contributed by atoms with Gasteiger partial charge in [0, 0.05) is 30.5 Å². The highest BCUT2D eigenvalue weighted by molar-refractivity contribution is 7.98. The second-order valence-corrected chi connectivity index (χ2v) is 8.69. The summed E-state index contributed by atoms with van der Waals surface area (Å²) in [6.07, 6.45) is 1.18. The lowest BCUT2D eigenvalue weighted by Gasteiger charge is -2.07. The van der Waals surface area contributed by atoms with Crippen molar-refractivity contribution in [3.63, 3.8) is 0 Å². The highest BCUT2D eigenvalue weighted by Gasteiger charge is 2.12. The molecule has 6 heteroatoms. The average molecular weight is 443 g/mol. The summed E-state index contributed by atoms with van der Waals surface area (Å²) in [7, 11) is 1.98. The average Bonchev–Trinajstić information content (AvgIpc) is 3.19. The normalized spacial score (nSPS) is 10.8. The van der Waals surface area contributed by atoms with E-state index in [1.54, 1.807) is 11.8 Å². The Hall–Kier alpha value is -3.38. The molecule has 5 nitrogen and oxygen atoms in total. The minimum atomic E-state index is 0.00931. The molecule has 32 heavy (non-hydrogen) atoms. The van der Waals surface area contributed by atoms with E-state index in [0.717, 1.165) is 40.0 Å². The van der Waals surface area contributed by atoms with E-state index in [0.29, 0.717) is 6.42 Å². The monoisotopic (exact) mass is 442 g/mol. The van der Waals surface area contributed by atoms with Crippen molar-refractivity contribution in [1.29, 1.82) is 0 Å². The van der Waals surface area contributed by atoms with Crippen LogP contribution in [0.4, 0.5) is 5.69 Å². The van der Waals surface area contributed by atoms with Crippen molar-refractivity contribution in [2.45, 2.75) is 30.7 Å². The van der Waals surface area contributed by atoms with Crippen LogP contribution in [0.2, 0.25) is 0 Å². The zero-order chi connectivity index (χ0) is 22.3. The van der Waals surface area contributed by atoms with E-state index in [4.69, 9.17) is 0 Å². The predicted octanol–water partition coefficient (Wildman–Crippen LogP) is 5.65. The summed E-state index contributed by atoms with van der Waals surface area (Å²) < 4.78 is 2.01. The maximum atomic E-state index is 12.3. The molecule has 0 bridgehead atoms. The third-order valence-corrected chi connectivity index (χ3v) is 6.33. The molecule has 0 atom stereocenters. The molecule has 0 aliphatic heterocycles. The first-order valence-corrected chi connectivity index (χ1v) is 11.6. The number of hydrogen-bond donors (Lipinski definition) is 1. The van der Waals surface area contributed by atoms with Crippen molar-refractivity contribution in [2.75, 3.05) is 5.32 Å². The van der Waals surface area contributed by atoms with Crippen LogP contribution < -0.4 is 5.32 Å². The Morgan fingerprint density at radius 2 is 1.62 bits per heavy atom. The van der Waals surface area contributed by atoms with Gasteiger partial charge in [-0.3, -0.25) is 4.79 Å². The SMILES string of the molecule is Cc1ccc(CSc2nnc(-c3ccc(NC(=O)CCc4ccccc4)cc3)n2C)cc1. The van der Waals surface area contributed by atoms with E-state index >= 15 is 0 Å². The van der Waals surface area contributed by atoms with Crippen LogP contribution in [-0.4, -0.2) is 20.7 Å². The van der Waals surface area contributed by atoms with E-state index in [1.165, 1.54) is 11.1 Å². The van der Waals surface area contributed by atoms with Crippen LogP contribution >= 0.6 is 11.8 Å². The van der Waals surface area contributed by atoms with Gasteiger partial charge in [-0.2, -0.15) is 0 Å². The first kappa shape index (κ1) is 21.8. The van der Waals surface area contributed by atoms with Crippen molar-refractivity contribution in [3.8, 4) is 11.4 Å². The van der Waals surface area contributed by atoms with Crippen LogP contribution in [0.3, 0.4) is 0 Å². The Labute approximate surface area is 192 Å². The van der Waals surface area contributed by atoms with Gasteiger partial charge < -0.3 is 9.88 Å². The number of nitrogens with zero attached hydrogens (tertiary/aromatic N) is 3. The van der Waals surface area contributed by atoms with Gasteiger partial charge in [0.2, 0.25) is 5.91 Å². The Morgan fingerprint density at radius 1 is 0.906 bits per heavy atom. The number of nitrogens with one attached hydrogen (secondary N) is 1. The molecule has 1 heterocycles. The predicted molar refractivity (Wildman–Crippen MR) is 131 cm³/mol. The standard InChI is InChI=1S/C26H26N4OS/c1-19-8-10-21(11-9-19)18-32-26-29-28-25(30(26)2)22-13-15-23(16-14-22)27-24(31)17-12-20-6-4-3-5-7-20/h3-11,13-16H,12,17-18H2,1-2H3,(H,27,31). The summed E-state index contributed by atoms with van der Waals surface area (Å²) in [6, 6.07) is 26.3. The summed E-state index contributed by atoms with van der Waals surface area (Å²) in [5.41, 5.74) is 5.43. The molecule has 0 unspecified atom stereocenters. The number of carbonyl (C=O) groups is 1. The minimum absolute atomic E-state index is 0.00931. The molecule has 0 saturated carbocycles. The number of aromatic nitrogens is 3. The second kappa shape index (κ2) is 10.3. The zero-order valence-electron chi connectivity index (χ0n) is 18.3. The summed E-state index contributed by atoms with van der Waals surface area (Å²) in [6.45, 7) is 2.09. The molecule has 3 aromatic carbocycles. The molecule has 0 aliphatic rings. The number of rotatable bonds is 8. The molecule has 0 spiro atoms. The van der Waals surface area contributed by atoms with E-state index in [-0.39, 0.29) is 5.91 Å². The Bertz CT molecular complexity index is 1170. The Kier molecular flexibility index (Phi) is 7.02. The van der Waals surface area contributed by atoms with E-state index in [9.17, 15) is 4.79 Å². The van der Waals surface area contributed by atoms with Crippen molar-refractivity contribution < 1.29 is 4.79 Å². The van der Waals surface area contributed by atoms with Gasteiger partial charge in [0.15, 0.2) is 11.0 Å². The van der Waals surface area contributed by atoms with Crippen molar-refractivity contribution in [3.05, 3.63) is 95.6 Å². The number of hydrogen-bond acceptors (Lipinski definition) is 4. The van der Waals surface area contributed by atoms with Crippen LogP contribution in [0.1, 0.15) is 23.1 Å². The summed E-state index contributed by atoms with van der Waals surface area (Å²) in [5.74, 6) is 1.66. The van der Waals surface area contributed by atoms with Crippen LogP contribution in [0.25, 0.3) is 11.4 Å². The maximum absolute atomic E-state index is 12.3. The third-order valence-electron chi connectivity index (χ3n) is 5.23. The molecule has 1 aromatic heterocycles. The topological polar surface area (TPSA) is 59.8 Å². The van der Waals surface area contributed by atoms with Gasteiger partial charge in [0.1, 0.15) is 0 Å². The fourth-order valence-electron chi connectivity index (χ4n) is 3.35. The molecule has 0 radical (unpaired) electrons. The fourth-order valence-corrected chi connectivity index (χ4v) is 4.22. The van der Waals surface area contributed by atoms with Crippen LogP contribution in [0, 0.1) is 6.92 Å². The number of amides is 1. The molecule has 0 saturated heterocycles. The fraction of sp³-hybridized carbons (Fsp3) is 0.192. The molecule has 0 fully saturated rings. The van der Waals surface area contributed by atoms with Gasteiger partial charge in [-0.1, -0.05) is 71.9 Å². The van der Waals surface area contributed by atoms with Gasteiger partial charge in [0.05, 0.1) is 0 Å². The first-order valence-electron chi connectivity index (χ1n) is 10.6. The lowest BCUT2D eigenvalue weighted by atomic mass is 10.1. The van der Waals surface area contributed by atoms with Gasteiger partial charge in [-0.05, 0) is 48.7 Å².